The molecule has 6 rings (SSSR count). The van der Waals surface area contributed by atoms with E-state index in [1.54, 1.807) is 0 Å². The topological polar surface area (TPSA) is 66.5 Å². The van der Waals surface area contributed by atoms with Crippen molar-refractivity contribution in [1.29, 1.82) is 0 Å². The lowest BCUT2D eigenvalue weighted by molar-refractivity contribution is 1.22. The molecular weight excluding hydrogens is 465 g/mol. The summed E-state index contributed by atoms with van der Waals surface area (Å²) in [6.07, 6.45) is 0. The van der Waals surface area contributed by atoms with Gasteiger partial charge >= 0.3 is 0 Å². The Kier molecular flexibility index (Phi) is 5.13. The zero-order valence-corrected chi connectivity index (χ0v) is 19.3. The van der Waals surface area contributed by atoms with Gasteiger partial charge in [-0.05, 0) is 78.9 Å². The van der Waals surface area contributed by atoms with Gasteiger partial charge in [-0.1, -0.05) is 35.3 Å². The van der Waals surface area contributed by atoms with E-state index in [1.165, 1.54) is 0 Å². The van der Waals surface area contributed by atoms with Gasteiger partial charge in [-0.25, -0.2) is 15.0 Å². The zero-order chi connectivity index (χ0) is 23.1. The van der Waals surface area contributed by atoms with Crippen LogP contribution in [-0.4, -0.2) is 19.9 Å². The summed E-state index contributed by atoms with van der Waals surface area (Å²) < 4.78 is 0. The van der Waals surface area contributed by atoms with Crippen LogP contribution in [0.15, 0.2) is 91.0 Å². The molecule has 34 heavy (non-hydrogen) atoms. The Morgan fingerprint density at radius 3 is 2.21 bits per heavy atom. The number of hydrogen-bond acceptors (Lipinski definition) is 4. The summed E-state index contributed by atoms with van der Waals surface area (Å²) in [5.41, 5.74) is 5.44. The molecule has 0 saturated heterocycles. The van der Waals surface area contributed by atoms with Gasteiger partial charge in [-0.3, -0.25) is 0 Å². The molecule has 0 amide bonds. The van der Waals surface area contributed by atoms with E-state index in [0.717, 1.165) is 50.4 Å². The fourth-order valence-electron chi connectivity index (χ4n) is 3.87. The maximum atomic E-state index is 6.10. The van der Waals surface area contributed by atoms with E-state index in [1.807, 2.05) is 91.0 Å². The molecule has 0 spiro atoms. The second-order valence-electron chi connectivity index (χ2n) is 7.87. The molecule has 4 aromatic carbocycles. The van der Waals surface area contributed by atoms with E-state index in [4.69, 9.17) is 33.2 Å². The maximum Gasteiger partial charge on any atom is 0.162 e. The smallest absolute Gasteiger partial charge is 0.162 e. The largest absolute Gasteiger partial charge is 0.340 e. The molecule has 0 radical (unpaired) electrons. The highest BCUT2D eigenvalue weighted by Crippen LogP contribution is 2.29. The molecule has 2 aromatic heterocycles. The number of imidazole rings is 1. The molecule has 0 saturated carbocycles. The Morgan fingerprint density at radius 2 is 1.38 bits per heavy atom. The van der Waals surface area contributed by atoms with E-state index in [0.29, 0.717) is 15.9 Å². The van der Waals surface area contributed by atoms with Gasteiger partial charge in [0, 0.05) is 32.2 Å². The molecule has 164 valence electrons. The number of rotatable bonds is 4. The number of para-hydroxylation sites is 1. The first-order chi connectivity index (χ1) is 16.6. The van der Waals surface area contributed by atoms with E-state index < -0.39 is 0 Å². The molecule has 0 bridgehead atoms. The maximum absolute atomic E-state index is 6.10. The Bertz CT molecular complexity index is 1640. The third-order valence-corrected chi connectivity index (χ3v) is 6.06. The molecule has 2 heterocycles. The van der Waals surface area contributed by atoms with Crippen LogP contribution in [0, 0.1) is 0 Å². The molecule has 0 aliphatic heterocycles. The Labute approximate surface area is 205 Å². The normalized spacial score (nSPS) is 11.2. The van der Waals surface area contributed by atoms with Gasteiger partial charge in [0.15, 0.2) is 5.82 Å². The highest BCUT2D eigenvalue weighted by molar-refractivity contribution is 6.31. The third-order valence-electron chi connectivity index (χ3n) is 5.57. The van der Waals surface area contributed by atoms with Gasteiger partial charge < -0.3 is 10.3 Å². The fraction of sp³-hybridized carbons (Fsp3) is 0. The number of halogens is 2. The van der Waals surface area contributed by atoms with Crippen molar-refractivity contribution in [3.05, 3.63) is 101 Å². The van der Waals surface area contributed by atoms with E-state index >= 15 is 0 Å². The SMILES string of the molecule is Clc1ccc(-c2nc(Nc3ccc(-c4nc5ccc(Cl)cc5[nH]4)cc3)c3ccccc3n2)cc1. The molecule has 6 aromatic rings. The van der Waals surface area contributed by atoms with Crippen LogP contribution >= 0.6 is 23.2 Å². The van der Waals surface area contributed by atoms with Crippen molar-refractivity contribution in [2.45, 2.75) is 0 Å². The van der Waals surface area contributed by atoms with Crippen LogP contribution in [0.5, 0.6) is 0 Å². The van der Waals surface area contributed by atoms with Crippen LogP contribution in [0.2, 0.25) is 10.0 Å². The van der Waals surface area contributed by atoms with Gasteiger partial charge in [0.2, 0.25) is 0 Å². The van der Waals surface area contributed by atoms with Crippen molar-refractivity contribution in [2.24, 2.45) is 0 Å². The lowest BCUT2D eigenvalue weighted by Gasteiger charge is -2.11. The summed E-state index contributed by atoms with van der Waals surface area (Å²) in [5, 5.41) is 5.75. The number of aromatic nitrogens is 4. The van der Waals surface area contributed by atoms with E-state index in [-0.39, 0.29) is 0 Å². The number of aromatic amines is 1. The van der Waals surface area contributed by atoms with Crippen LogP contribution in [0.25, 0.3) is 44.7 Å². The van der Waals surface area contributed by atoms with E-state index in [9.17, 15) is 0 Å². The lowest BCUT2D eigenvalue weighted by atomic mass is 10.1. The summed E-state index contributed by atoms with van der Waals surface area (Å²) in [5.74, 6) is 2.17. The van der Waals surface area contributed by atoms with Crippen LogP contribution in [0.3, 0.4) is 0 Å². The summed E-state index contributed by atoms with van der Waals surface area (Å²) in [4.78, 5) is 17.6. The second kappa shape index (κ2) is 8.45. The minimum absolute atomic E-state index is 0.635. The van der Waals surface area contributed by atoms with Crippen molar-refractivity contribution < 1.29 is 0 Å². The number of nitrogens with zero attached hydrogens (tertiary/aromatic N) is 3. The molecular formula is C27H17Cl2N5. The first-order valence-corrected chi connectivity index (χ1v) is 11.4. The first-order valence-electron chi connectivity index (χ1n) is 10.7. The minimum atomic E-state index is 0.635. The number of hydrogen-bond donors (Lipinski definition) is 2. The molecule has 0 aliphatic carbocycles. The number of fused-ring (bicyclic) bond motifs is 2. The van der Waals surface area contributed by atoms with Crippen LogP contribution in [-0.2, 0) is 0 Å². The standard InChI is InChI=1S/C27H17Cl2N5/c28-18-9-5-16(6-10-18)26-31-22-4-2-1-3-21(22)27(34-26)30-20-12-7-17(8-13-20)25-32-23-14-11-19(29)15-24(23)33-25/h1-15H,(H,32,33)(H,30,31,34). The average Bonchev–Trinajstić information content (AvgIpc) is 3.28. The van der Waals surface area contributed by atoms with Crippen molar-refractivity contribution >= 4 is 56.6 Å². The molecule has 0 unspecified atom stereocenters. The number of anilines is 2. The van der Waals surface area contributed by atoms with Crippen LogP contribution in [0.1, 0.15) is 0 Å². The quantitative estimate of drug-likeness (QED) is 0.268. The molecule has 0 fully saturated rings. The highest BCUT2D eigenvalue weighted by atomic mass is 35.5. The summed E-state index contributed by atoms with van der Waals surface area (Å²) >= 11 is 12.2. The molecule has 0 aliphatic rings. The summed E-state index contributed by atoms with van der Waals surface area (Å²) in [6, 6.07) is 29.2. The Balaban J connectivity index is 1.34. The van der Waals surface area contributed by atoms with Crippen LogP contribution < -0.4 is 5.32 Å². The zero-order valence-electron chi connectivity index (χ0n) is 17.8. The van der Waals surface area contributed by atoms with Gasteiger partial charge in [-0.15, -0.1) is 0 Å². The highest BCUT2D eigenvalue weighted by Gasteiger charge is 2.11. The molecule has 5 nitrogen and oxygen atoms in total. The van der Waals surface area contributed by atoms with E-state index in [2.05, 4.69) is 15.3 Å². The van der Waals surface area contributed by atoms with Crippen molar-refractivity contribution in [2.75, 3.05) is 5.32 Å². The van der Waals surface area contributed by atoms with Gasteiger partial charge in [0.25, 0.3) is 0 Å². The van der Waals surface area contributed by atoms with Crippen molar-refractivity contribution in [3.8, 4) is 22.8 Å². The van der Waals surface area contributed by atoms with Crippen LogP contribution in [0.4, 0.5) is 11.5 Å². The lowest BCUT2D eigenvalue weighted by Crippen LogP contribution is -1.99. The molecule has 2 N–H and O–H groups in total. The summed E-state index contributed by atoms with van der Waals surface area (Å²) in [7, 11) is 0. The first kappa shape index (κ1) is 20.7. The fourth-order valence-corrected chi connectivity index (χ4v) is 4.16. The number of nitrogens with one attached hydrogen (secondary N) is 2. The van der Waals surface area contributed by atoms with Gasteiger partial charge in [0.1, 0.15) is 11.6 Å². The number of benzene rings is 4. The van der Waals surface area contributed by atoms with Gasteiger partial charge in [-0.2, -0.15) is 0 Å². The molecule has 7 heteroatoms. The van der Waals surface area contributed by atoms with Crippen molar-refractivity contribution in [3.63, 3.8) is 0 Å². The number of H-pyrrole nitrogens is 1. The summed E-state index contributed by atoms with van der Waals surface area (Å²) in [6.45, 7) is 0. The average molecular weight is 482 g/mol. The monoisotopic (exact) mass is 481 g/mol. The second-order valence-corrected chi connectivity index (χ2v) is 8.74. The third kappa shape index (κ3) is 3.96. The predicted octanol–water partition coefficient (Wildman–Crippen LogP) is 7.89. The predicted molar refractivity (Wildman–Crippen MR) is 140 cm³/mol. The Hall–Kier alpha value is -3.93. The van der Waals surface area contributed by atoms with Crippen molar-refractivity contribution in [1.82, 2.24) is 19.9 Å². The minimum Gasteiger partial charge on any atom is -0.340 e. The van der Waals surface area contributed by atoms with Gasteiger partial charge in [0.05, 0.1) is 16.6 Å². The Morgan fingerprint density at radius 1 is 0.647 bits per heavy atom. The molecule has 0 atom stereocenters.